The zero-order chi connectivity index (χ0) is 13.7. The highest BCUT2D eigenvalue weighted by atomic mass is 79.9. The SMILES string of the molecule is CCC(C)N(CC(=O)O)Cc1ccc(Br)c(Cl)c1. The number of carbonyl (C=O) groups is 1. The van der Waals surface area contributed by atoms with Gasteiger partial charge in [-0.25, -0.2) is 0 Å². The molecule has 0 amide bonds. The Labute approximate surface area is 121 Å². The Balaban J connectivity index is 2.81. The summed E-state index contributed by atoms with van der Waals surface area (Å²) in [5.41, 5.74) is 1.02. The third-order valence-corrected chi connectivity index (χ3v) is 4.15. The average Bonchev–Trinajstić information content (AvgIpc) is 2.31. The first kappa shape index (κ1) is 15.5. The molecular weight excluding hydrogens is 318 g/mol. The Morgan fingerprint density at radius 2 is 2.22 bits per heavy atom. The molecule has 0 aliphatic carbocycles. The molecule has 1 aromatic rings. The summed E-state index contributed by atoms with van der Waals surface area (Å²) in [6.07, 6.45) is 0.914. The van der Waals surface area contributed by atoms with Crippen LogP contribution in [0.4, 0.5) is 0 Å². The van der Waals surface area contributed by atoms with Crippen molar-refractivity contribution in [3.05, 3.63) is 33.3 Å². The highest BCUT2D eigenvalue weighted by Gasteiger charge is 2.16. The van der Waals surface area contributed by atoms with Crippen LogP contribution in [-0.2, 0) is 11.3 Å². The van der Waals surface area contributed by atoms with E-state index in [4.69, 9.17) is 16.7 Å². The van der Waals surface area contributed by atoms with Gasteiger partial charge in [-0.2, -0.15) is 0 Å². The van der Waals surface area contributed by atoms with Crippen molar-refractivity contribution in [2.75, 3.05) is 6.54 Å². The molecule has 1 atom stereocenters. The van der Waals surface area contributed by atoms with E-state index in [0.717, 1.165) is 16.5 Å². The first-order valence-electron chi connectivity index (χ1n) is 5.83. The Kier molecular flexibility index (Phi) is 6.12. The summed E-state index contributed by atoms with van der Waals surface area (Å²) in [7, 11) is 0. The molecule has 0 aromatic heterocycles. The molecule has 100 valence electrons. The maximum atomic E-state index is 10.9. The van der Waals surface area contributed by atoms with Crippen molar-refractivity contribution in [3.8, 4) is 0 Å². The fraction of sp³-hybridized carbons (Fsp3) is 0.462. The first-order valence-corrected chi connectivity index (χ1v) is 7.01. The molecule has 1 N–H and O–H groups in total. The Bertz CT molecular complexity index is 425. The van der Waals surface area contributed by atoms with Crippen LogP contribution < -0.4 is 0 Å². The lowest BCUT2D eigenvalue weighted by atomic mass is 10.1. The van der Waals surface area contributed by atoms with Gasteiger partial charge >= 0.3 is 5.97 Å². The molecule has 0 saturated carbocycles. The molecule has 3 nitrogen and oxygen atoms in total. The molecule has 0 fully saturated rings. The van der Waals surface area contributed by atoms with Crippen molar-refractivity contribution in [2.45, 2.75) is 32.9 Å². The highest BCUT2D eigenvalue weighted by Crippen LogP contribution is 2.24. The van der Waals surface area contributed by atoms with Gasteiger partial charge < -0.3 is 5.11 Å². The summed E-state index contributed by atoms with van der Waals surface area (Å²) in [6, 6.07) is 5.92. The Morgan fingerprint density at radius 3 is 2.72 bits per heavy atom. The zero-order valence-electron chi connectivity index (χ0n) is 10.5. The summed E-state index contributed by atoms with van der Waals surface area (Å²) in [5, 5.41) is 9.58. The molecule has 1 aromatic carbocycles. The molecule has 0 aliphatic heterocycles. The maximum Gasteiger partial charge on any atom is 0.317 e. The second kappa shape index (κ2) is 7.12. The lowest BCUT2D eigenvalue weighted by Gasteiger charge is -2.26. The summed E-state index contributed by atoms with van der Waals surface area (Å²) in [6.45, 7) is 4.72. The van der Waals surface area contributed by atoms with Gasteiger partial charge in [-0.1, -0.05) is 24.6 Å². The number of rotatable bonds is 6. The van der Waals surface area contributed by atoms with Crippen molar-refractivity contribution < 1.29 is 9.90 Å². The number of carboxylic acid groups (broad SMARTS) is 1. The molecule has 1 rings (SSSR count). The third kappa shape index (κ3) is 4.59. The van der Waals surface area contributed by atoms with E-state index in [2.05, 4.69) is 15.9 Å². The summed E-state index contributed by atoms with van der Waals surface area (Å²) in [4.78, 5) is 12.8. The summed E-state index contributed by atoms with van der Waals surface area (Å²) in [5.74, 6) is -0.807. The molecule has 0 spiro atoms. The lowest BCUT2D eigenvalue weighted by Crippen LogP contribution is -2.36. The second-order valence-electron chi connectivity index (χ2n) is 4.30. The van der Waals surface area contributed by atoms with Crippen LogP contribution in [-0.4, -0.2) is 28.6 Å². The van der Waals surface area contributed by atoms with Crippen molar-refractivity contribution in [1.29, 1.82) is 0 Å². The molecule has 0 radical (unpaired) electrons. The molecule has 1 unspecified atom stereocenters. The Hall–Kier alpha value is -0.580. The number of hydrogen-bond donors (Lipinski definition) is 1. The zero-order valence-corrected chi connectivity index (χ0v) is 12.8. The number of halogens is 2. The van der Waals surface area contributed by atoms with Gasteiger partial charge in [0.05, 0.1) is 11.6 Å². The average molecular weight is 335 g/mol. The van der Waals surface area contributed by atoms with Crippen LogP contribution in [0, 0.1) is 0 Å². The number of nitrogens with zero attached hydrogens (tertiary/aromatic N) is 1. The normalized spacial score (nSPS) is 12.7. The van der Waals surface area contributed by atoms with E-state index in [1.807, 2.05) is 36.9 Å². The predicted molar refractivity (Wildman–Crippen MR) is 77.0 cm³/mol. The van der Waals surface area contributed by atoms with E-state index in [9.17, 15) is 4.79 Å². The number of hydrogen-bond acceptors (Lipinski definition) is 2. The molecule has 5 heteroatoms. The fourth-order valence-corrected chi connectivity index (χ4v) is 2.12. The van der Waals surface area contributed by atoms with Crippen LogP contribution in [0.25, 0.3) is 0 Å². The highest BCUT2D eigenvalue weighted by molar-refractivity contribution is 9.10. The molecular formula is C13H17BrClNO2. The van der Waals surface area contributed by atoms with Gasteiger partial charge in [0.2, 0.25) is 0 Å². The van der Waals surface area contributed by atoms with Gasteiger partial charge in [-0.3, -0.25) is 9.69 Å². The monoisotopic (exact) mass is 333 g/mol. The quantitative estimate of drug-likeness (QED) is 0.860. The first-order chi connectivity index (χ1) is 8.43. The lowest BCUT2D eigenvalue weighted by molar-refractivity contribution is -0.139. The second-order valence-corrected chi connectivity index (χ2v) is 5.57. The molecule has 18 heavy (non-hydrogen) atoms. The van der Waals surface area contributed by atoms with Gasteiger partial charge in [0.25, 0.3) is 0 Å². The summed E-state index contributed by atoms with van der Waals surface area (Å²) < 4.78 is 0.848. The number of carboxylic acids is 1. The van der Waals surface area contributed by atoms with E-state index in [-0.39, 0.29) is 12.6 Å². The molecule has 0 bridgehead atoms. The van der Waals surface area contributed by atoms with E-state index in [0.29, 0.717) is 11.6 Å². The summed E-state index contributed by atoms with van der Waals surface area (Å²) >= 11 is 9.37. The minimum atomic E-state index is -0.807. The van der Waals surface area contributed by atoms with Gasteiger partial charge in [0, 0.05) is 17.1 Å². The topological polar surface area (TPSA) is 40.5 Å². The molecule has 0 aliphatic rings. The van der Waals surface area contributed by atoms with E-state index in [1.165, 1.54) is 0 Å². The molecule has 0 saturated heterocycles. The van der Waals surface area contributed by atoms with Crippen molar-refractivity contribution in [2.24, 2.45) is 0 Å². The predicted octanol–water partition coefficient (Wildman–Crippen LogP) is 3.79. The standard InChI is InChI=1S/C13H17BrClNO2/c1-3-9(2)16(8-13(17)18)7-10-4-5-11(14)12(15)6-10/h4-6,9H,3,7-8H2,1-2H3,(H,17,18). The van der Waals surface area contributed by atoms with Crippen molar-refractivity contribution in [1.82, 2.24) is 4.90 Å². The van der Waals surface area contributed by atoms with E-state index < -0.39 is 5.97 Å². The largest absolute Gasteiger partial charge is 0.480 e. The fourth-order valence-electron chi connectivity index (χ4n) is 1.67. The van der Waals surface area contributed by atoms with Crippen LogP contribution in [0.1, 0.15) is 25.8 Å². The van der Waals surface area contributed by atoms with Gasteiger partial charge in [-0.05, 0) is 47.0 Å². The maximum absolute atomic E-state index is 10.9. The van der Waals surface area contributed by atoms with E-state index in [1.54, 1.807) is 0 Å². The van der Waals surface area contributed by atoms with Crippen molar-refractivity contribution >= 4 is 33.5 Å². The van der Waals surface area contributed by atoms with Crippen molar-refractivity contribution in [3.63, 3.8) is 0 Å². The Morgan fingerprint density at radius 1 is 1.56 bits per heavy atom. The van der Waals surface area contributed by atoms with Crippen LogP contribution in [0.15, 0.2) is 22.7 Å². The third-order valence-electron chi connectivity index (χ3n) is 2.92. The number of aliphatic carboxylic acids is 1. The van der Waals surface area contributed by atoms with Crippen LogP contribution in [0.5, 0.6) is 0 Å². The minimum Gasteiger partial charge on any atom is -0.480 e. The van der Waals surface area contributed by atoms with E-state index >= 15 is 0 Å². The van der Waals surface area contributed by atoms with Gasteiger partial charge in [0.15, 0.2) is 0 Å². The van der Waals surface area contributed by atoms with Crippen LogP contribution >= 0.6 is 27.5 Å². The minimum absolute atomic E-state index is 0.0443. The van der Waals surface area contributed by atoms with Gasteiger partial charge in [0.1, 0.15) is 0 Å². The van der Waals surface area contributed by atoms with Crippen LogP contribution in [0.2, 0.25) is 5.02 Å². The van der Waals surface area contributed by atoms with Gasteiger partial charge in [-0.15, -0.1) is 0 Å². The van der Waals surface area contributed by atoms with Crippen LogP contribution in [0.3, 0.4) is 0 Å². The molecule has 0 heterocycles. The smallest absolute Gasteiger partial charge is 0.317 e. The number of benzene rings is 1.